The van der Waals surface area contributed by atoms with Gasteiger partial charge >= 0.3 is 12.0 Å². The number of nitrogens with zero attached hydrogens (tertiary/aromatic N) is 1. The molecule has 4 N–H and O–H groups in total. The summed E-state index contributed by atoms with van der Waals surface area (Å²) in [5, 5.41) is 20.8. The third-order valence-electron chi connectivity index (χ3n) is 2.89. The van der Waals surface area contributed by atoms with Gasteiger partial charge < -0.3 is 15.7 Å². The van der Waals surface area contributed by atoms with Crippen molar-refractivity contribution in [3.63, 3.8) is 0 Å². The van der Waals surface area contributed by atoms with Crippen molar-refractivity contribution >= 4 is 12.0 Å². The number of amides is 2. The molecule has 1 unspecified atom stereocenters. The molecule has 1 aromatic rings. The van der Waals surface area contributed by atoms with Crippen LogP contribution in [0.4, 0.5) is 4.79 Å². The number of aromatic nitrogens is 2. The molecule has 0 aliphatic carbocycles. The number of carbonyl (C=O) groups is 2. The Hall–Kier alpha value is -2.05. The van der Waals surface area contributed by atoms with E-state index in [9.17, 15) is 9.59 Å². The highest BCUT2D eigenvalue weighted by atomic mass is 16.4. The fourth-order valence-corrected chi connectivity index (χ4v) is 1.59. The maximum absolute atomic E-state index is 11.7. The monoisotopic (exact) mass is 268 g/mol. The SMILES string of the molecule is Cc1[nH]ncc1CNC(=O)NC(CC(=O)O)C(C)C. The van der Waals surface area contributed by atoms with Crippen LogP contribution < -0.4 is 10.6 Å². The summed E-state index contributed by atoms with van der Waals surface area (Å²) in [5.74, 6) is -0.873. The van der Waals surface area contributed by atoms with Gasteiger partial charge in [-0.3, -0.25) is 9.89 Å². The molecule has 7 nitrogen and oxygen atoms in total. The van der Waals surface area contributed by atoms with Crippen molar-refractivity contribution in [1.82, 2.24) is 20.8 Å². The normalized spacial score (nSPS) is 12.2. The van der Waals surface area contributed by atoms with Gasteiger partial charge in [-0.15, -0.1) is 0 Å². The fourth-order valence-electron chi connectivity index (χ4n) is 1.59. The zero-order valence-electron chi connectivity index (χ0n) is 11.4. The molecule has 1 aromatic heterocycles. The number of carboxylic acid groups (broad SMARTS) is 1. The van der Waals surface area contributed by atoms with Gasteiger partial charge in [0, 0.05) is 23.8 Å². The van der Waals surface area contributed by atoms with Crippen molar-refractivity contribution < 1.29 is 14.7 Å². The van der Waals surface area contributed by atoms with Crippen LogP contribution in [0.15, 0.2) is 6.20 Å². The van der Waals surface area contributed by atoms with E-state index in [4.69, 9.17) is 5.11 Å². The number of hydrogen-bond acceptors (Lipinski definition) is 3. The van der Waals surface area contributed by atoms with E-state index >= 15 is 0 Å². The summed E-state index contributed by atoms with van der Waals surface area (Å²) >= 11 is 0. The molecule has 0 bridgehead atoms. The highest BCUT2D eigenvalue weighted by molar-refractivity contribution is 5.75. The van der Waals surface area contributed by atoms with Crippen LogP contribution in [0, 0.1) is 12.8 Å². The Balaban J connectivity index is 2.44. The van der Waals surface area contributed by atoms with Crippen LogP contribution in [0.5, 0.6) is 0 Å². The number of hydrogen-bond donors (Lipinski definition) is 4. The lowest BCUT2D eigenvalue weighted by Gasteiger charge is -2.20. The summed E-state index contributed by atoms with van der Waals surface area (Å²) in [6.45, 7) is 5.96. The summed E-state index contributed by atoms with van der Waals surface area (Å²) in [6.07, 6.45) is 1.56. The van der Waals surface area contributed by atoms with Gasteiger partial charge in [0.2, 0.25) is 0 Å². The Kier molecular flexibility index (Phi) is 5.35. The molecule has 0 aromatic carbocycles. The Labute approximate surface area is 111 Å². The first-order chi connectivity index (χ1) is 8.90. The Morgan fingerprint density at radius 2 is 2.16 bits per heavy atom. The minimum Gasteiger partial charge on any atom is -0.481 e. The van der Waals surface area contributed by atoms with E-state index in [1.165, 1.54) is 0 Å². The predicted octanol–water partition coefficient (Wildman–Crippen LogP) is 1.02. The number of urea groups is 1. The molecule has 0 aliphatic heterocycles. The van der Waals surface area contributed by atoms with Crippen molar-refractivity contribution in [3.05, 3.63) is 17.5 Å². The Bertz CT molecular complexity index is 442. The van der Waals surface area contributed by atoms with E-state index in [0.717, 1.165) is 11.3 Å². The maximum atomic E-state index is 11.7. The molecule has 106 valence electrons. The molecule has 19 heavy (non-hydrogen) atoms. The van der Waals surface area contributed by atoms with Crippen molar-refractivity contribution in [1.29, 1.82) is 0 Å². The molecular formula is C12H20N4O3. The zero-order chi connectivity index (χ0) is 14.4. The number of H-pyrrole nitrogens is 1. The summed E-state index contributed by atoms with van der Waals surface area (Å²) in [6, 6.07) is -0.761. The van der Waals surface area contributed by atoms with Crippen LogP contribution >= 0.6 is 0 Å². The van der Waals surface area contributed by atoms with Gasteiger partial charge in [0.1, 0.15) is 0 Å². The average Bonchev–Trinajstić information content (AvgIpc) is 2.70. The van der Waals surface area contributed by atoms with Crippen molar-refractivity contribution in [2.75, 3.05) is 0 Å². The number of aliphatic carboxylic acids is 1. The number of nitrogens with one attached hydrogen (secondary N) is 3. The first kappa shape index (κ1) is 15.0. The highest BCUT2D eigenvalue weighted by Gasteiger charge is 2.19. The summed E-state index contributed by atoms with van der Waals surface area (Å²) < 4.78 is 0. The fraction of sp³-hybridized carbons (Fsp3) is 0.583. The molecule has 0 aliphatic rings. The third kappa shape index (κ3) is 4.99. The lowest BCUT2D eigenvalue weighted by atomic mass is 10.0. The topological polar surface area (TPSA) is 107 Å². The maximum Gasteiger partial charge on any atom is 0.315 e. The van der Waals surface area contributed by atoms with E-state index in [0.29, 0.717) is 6.54 Å². The van der Waals surface area contributed by atoms with Gasteiger partial charge in [-0.25, -0.2) is 4.79 Å². The zero-order valence-corrected chi connectivity index (χ0v) is 11.4. The Morgan fingerprint density at radius 3 is 2.63 bits per heavy atom. The van der Waals surface area contributed by atoms with E-state index in [1.54, 1.807) is 6.20 Å². The van der Waals surface area contributed by atoms with Crippen LogP contribution in [0.2, 0.25) is 0 Å². The van der Waals surface area contributed by atoms with Crippen LogP contribution in [-0.4, -0.2) is 33.3 Å². The standard InChI is InChI=1S/C12H20N4O3/c1-7(2)10(4-11(17)18)15-12(19)13-5-9-6-14-16-8(9)3/h6-7,10H,4-5H2,1-3H3,(H,14,16)(H,17,18)(H2,13,15,19). The molecule has 1 rings (SSSR count). The molecule has 1 atom stereocenters. The molecule has 0 saturated heterocycles. The summed E-state index contributed by atoms with van der Waals surface area (Å²) in [5.41, 5.74) is 1.79. The highest BCUT2D eigenvalue weighted by Crippen LogP contribution is 2.06. The van der Waals surface area contributed by atoms with Crippen LogP contribution in [0.3, 0.4) is 0 Å². The Morgan fingerprint density at radius 1 is 1.47 bits per heavy atom. The van der Waals surface area contributed by atoms with Gasteiger partial charge in [-0.05, 0) is 12.8 Å². The van der Waals surface area contributed by atoms with Gasteiger partial charge in [-0.1, -0.05) is 13.8 Å². The molecule has 0 fully saturated rings. The van der Waals surface area contributed by atoms with E-state index in [1.807, 2.05) is 20.8 Å². The second-order valence-corrected chi connectivity index (χ2v) is 4.80. The van der Waals surface area contributed by atoms with E-state index in [-0.39, 0.29) is 24.4 Å². The quantitative estimate of drug-likeness (QED) is 0.617. The van der Waals surface area contributed by atoms with Crippen molar-refractivity contribution in [3.8, 4) is 0 Å². The second kappa shape index (κ2) is 6.77. The van der Waals surface area contributed by atoms with Gasteiger partial charge in [0.05, 0.1) is 12.6 Å². The molecular weight excluding hydrogens is 248 g/mol. The number of carboxylic acids is 1. The number of aromatic amines is 1. The average molecular weight is 268 g/mol. The van der Waals surface area contributed by atoms with Crippen LogP contribution in [-0.2, 0) is 11.3 Å². The van der Waals surface area contributed by atoms with E-state index < -0.39 is 5.97 Å². The molecule has 0 saturated carbocycles. The first-order valence-corrected chi connectivity index (χ1v) is 6.15. The lowest BCUT2D eigenvalue weighted by molar-refractivity contribution is -0.137. The minimum absolute atomic E-state index is 0.0533. The summed E-state index contributed by atoms with van der Waals surface area (Å²) in [4.78, 5) is 22.4. The van der Waals surface area contributed by atoms with Crippen molar-refractivity contribution in [2.45, 2.75) is 39.8 Å². The third-order valence-corrected chi connectivity index (χ3v) is 2.89. The molecule has 1 heterocycles. The van der Waals surface area contributed by atoms with Crippen LogP contribution in [0.1, 0.15) is 31.5 Å². The van der Waals surface area contributed by atoms with Gasteiger partial charge in [0.25, 0.3) is 0 Å². The second-order valence-electron chi connectivity index (χ2n) is 4.80. The lowest BCUT2D eigenvalue weighted by Crippen LogP contribution is -2.45. The smallest absolute Gasteiger partial charge is 0.315 e. The largest absolute Gasteiger partial charge is 0.481 e. The molecule has 0 spiro atoms. The number of rotatable bonds is 6. The summed E-state index contributed by atoms with van der Waals surface area (Å²) in [7, 11) is 0. The van der Waals surface area contributed by atoms with Crippen LogP contribution in [0.25, 0.3) is 0 Å². The molecule has 7 heteroatoms. The molecule has 0 radical (unpaired) electrons. The first-order valence-electron chi connectivity index (χ1n) is 6.15. The molecule has 2 amide bonds. The van der Waals surface area contributed by atoms with E-state index in [2.05, 4.69) is 20.8 Å². The number of carbonyl (C=O) groups excluding carboxylic acids is 1. The van der Waals surface area contributed by atoms with Gasteiger partial charge in [-0.2, -0.15) is 5.10 Å². The van der Waals surface area contributed by atoms with Crippen molar-refractivity contribution in [2.24, 2.45) is 5.92 Å². The number of aryl methyl sites for hydroxylation is 1. The van der Waals surface area contributed by atoms with Gasteiger partial charge in [0.15, 0.2) is 0 Å². The minimum atomic E-state index is -0.926. The predicted molar refractivity (Wildman–Crippen MR) is 69.6 cm³/mol.